The van der Waals surface area contributed by atoms with Gasteiger partial charge in [-0.2, -0.15) is 0 Å². The van der Waals surface area contributed by atoms with Crippen LogP contribution in [-0.2, 0) is 0 Å². The van der Waals surface area contributed by atoms with E-state index in [0.717, 1.165) is 43.1 Å². The maximum atomic E-state index is 9.43. The molecule has 0 bridgehead atoms. The van der Waals surface area contributed by atoms with Crippen molar-refractivity contribution in [2.75, 3.05) is 0 Å². The first kappa shape index (κ1) is 18.0. The molecule has 0 fully saturated rings. The average molecular weight is 579 g/mol. The van der Waals surface area contributed by atoms with E-state index < -0.39 is 24.2 Å². The molecule has 0 N–H and O–H groups in total. The van der Waals surface area contributed by atoms with Gasteiger partial charge >= 0.3 is 0 Å². The van der Waals surface area contributed by atoms with Crippen LogP contribution in [-0.4, -0.2) is 0 Å². The Bertz CT molecular complexity index is 3190. The lowest BCUT2D eigenvalue weighted by Crippen LogP contribution is -1.92. The van der Waals surface area contributed by atoms with Crippen LogP contribution in [0.3, 0.4) is 0 Å². The Kier molecular flexibility index (Phi) is 3.72. The van der Waals surface area contributed by atoms with Gasteiger partial charge in [-0.15, -0.1) is 0 Å². The lowest BCUT2D eigenvalue weighted by Gasteiger charge is -2.19. The highest BCUT2D eigenvalue weighted by Crippen LogP contribution is 2.47. The molecular weight excluding hydrogens is 544 g/mol. The van der Waals surface area contributed by atoms with Gasteiger partial charge in [0.25, 0.3) is 0 Å². The van der Waals surface area contributed by atoms with Crippen LogP contribution in [0, 0.1) is 0 Å². The van der Waals surface area contributed by atoms with Crippen molar-refractivity contribution in [2.45, 2.75) is 0 Å². The number of fused-ring (bicyclic) bond motifs is 9. The minimum atomic E-state index is -0.431. The van der Waals surface area contributed by atoms with Crippen molar-refractivity contribution in [3.8, 4) is 22.3 Å². The summed E-state index contributed by atoms with van der Waals surface area (Å²) in [4.78, 5) is 0. The largest absolute Gasteiger partial charge is 0.456 e. The van der Waals surface area contributed by atoms with Crippen molar-refractivity contribution < 1.29 is 15.4 Å². The lowest BCUT2D eigenvalue weighted by molar-refractivity contribution is 0.669. The van der Waals surface area contributed by atoms with Gasteiger partial charge in [0.15, 0.2) is 0 Å². The molecule has 208 valence electrons. The second-order valence-corrected chi connectivity index (χ2v) is 11.4. The molecule has 0 radical (unpaired) electrons. The number of benzene rings is 9. The van der Waals surface area contributed by atoms with E-state index in [4.69, 9.17) is 9.90 Å². The molecular formula is C44H26O. The molecule has 0 saturated carbocycles. The summed E-state index contributed by atoms with van der Waals surface area (Å²) in [5.41, 5.74) is 3.09. The summed E-state index contributed by atoms with van der Waals surface area (Å²) in [7, 11) is 0. The van der Waals surface area contributed by atoms with Crippen LogP contribution in [0.1, 0.15) is 11.0 Å². The van der Waals surface area contributed by atoms with Gasteiger partial charge in [0.1, 0.15) is 11.2 Å². The zero-order valence-electron chi connectivity index (χ0n) is 31.8. The maximum Gasteiger partial charge on any atom is 0.136 e. The molecule has 10 rings (SSSR count). The van der Waals surface area contributed by atoms with Crippen LogP contribution in [0.5, 0.6) is 0 Å². The predicted octanol–water partition coefficient (Wildman–Crippen LogP) is 12.7. The number of hydrogen-bond donors (Lipinski definition) is 0. The highest BCUT2D eigenvalue weighted by atomic mass is 16.3. The molecule has 0 atom stereocenters. The van der Waals surface area contributed by atoms with E-state index in [0.29, 0.717) is 33.4 Å². The van der Waals surface area contributed by atoms with Gasteiger partial charge < -0.3 is 4.42 Å². The van der Waals surface area contributed by atoms with Crippen molar-refractivity contribution in [2.24, 2.45) is 0 Å². The summed E-state index contributed by atoms with van der Waals surface area (Å²) in [6, 6.07) is 32.3. The molecule has 0 amide bonds. The van der Waals surface area contributed by atoms with Gasteiger partial charge in [-0.05, 0) is 106 Å². The van der Waals surface area contributed by atoms with Gasteiger partial charge in [0, 0.05) is 10.8 Å². The maximum absolute atomic E-state index is 9.43. The van der Waals surface area contributed by atoms with Crippen molar-refractivity contribution in [3.63, 3.8) is 0 Å². The smallest absolute Gasteiger partial charge is 0.136 e. The van der Waals surface area contributed by atoms with Crippen molar-refractivity contribution >= 4 is 75.8 Å². The summed E-state index contributed by atoms with van der Waals surface area (Å²) in [6.07, 6.45) is 0. The summed E-state index contributed by atoms with van der Waals surface area (Å²) in [5, 5.41) is 8.01. The third-order valence-corrected chi connectivity index (χ3v) is 9.04. The first-order chi connectivity index (χ1) is 25.6. The Morgan fingerprint density at radius 3 is 1.64 bits per heavy atom. The molecule has 1 aromatic heterocycles. The minimum absolute atomic E-state index is 0.179. The van der Waals surface area contributed by atoms with E-state index >= 15 is 0 Å². The van der Waals surface area contributed by atoms with Crippen molar-refractivity contribution in [1.82, 2.24) is 0 Å². The van der Waals surface area contributed by atoms with E-state index in [1.54, 1.807) is 6.07 Å². The number of rotatable bonds is 2. The van der Waals surface area contributed by atoms with E-state index in [9.17, 15) is 5.48 Å². The number of furan rings is 1. The molecule has 0 aliphatic carbocycles. The summed E-state index contributed by atoms with van der Waals surface area (Å²) in [5.74, 6) is 0. The van der Waals surface area contributed by atoms with Gasteiger partial charge in [-0.3, -0.25) is 0 Å². The molecule has 9 aromatic carbocycles. The van der Waals surface area contributed by atoms with Crippen molar-refractivity contribution in [3.05, 3.63) is 158 Å². The quantitative estimate of drug-likeness (QED) is 0.147. The Hall–Kier alpha value is -5.92. The van der Waals surface area contributed by atoms with Crippen LogP contribution >= 0.6 is 0 Å². The van der Waals surface area contributed by atoms with Gasteiger partial charge in [0.05, 0.1) is 11.0 Å². The fourth-order valence-corrected chi connectivity index (χ4v) is 7.06. The van der Waals surface area contributed by atoms with Crippen LogP contribution in [0.4, 0.5) is 0 Å². The van der Waals surface area contributed by atoms with E-state index in [-0.39, 0.29) is 45.7 Å². The first-order valence-corrected chi connectivity index (χ1v) is 14.9. The van der Waals surface area contributed by atoms with E-state index in [1.807, 2.05) is 97.1 Å². The Morgan fingerprint density at radius 1 is 0.378 bits per heavy atom. The van der Waals surface area contributed by atoms with Crippen LogP contribution in [0.25, 0.3) is 98.1 Å². The van der Waals surface area contributed by atoms with Crippen LogP contribution in [0.2, 0.25) is 0 Å². The Morgan fingerprint density at radius 2 is 0.933 bits per heavy atom. The lowest BCUT2D eigenvalue weighted by atomic mass is 9.83. The van der Waals surface area contributed by atoms with E-state index in [2.05, 4.69) is 6.07 Å². The summed E-state index contributed by atoms with van der Waals surface area (Å²) >= 11 is 0. The minimum Gasteiger partial charge on any atom is -0.456 e. The third-order valence-electron chi connectivity index (χ3n) is 9.04. The molecule has 45 heavy (non-hydrogen) atoms. The topological polar surface area (TPSA) is 13.1 Å². The summed E-state index contributed by atoms with van der Waals surface area (Å²) < 4.78 is 79.4. The van der Waals surface area contributed by atoms with Crippen molar-refractivity contribution in [1.29, 1.82) is 0 Å². The molecule has 0 aliphatic heterocycles. The molecule has 0 unspecified atom stereocenters. The van der Waals surface area contributed by atoms with Gasteiger partial charge in [0.2, 0.25) is 0 Å². The highest BCUT2D eigenvalue weighted by Gasteiger charge is 2.20. The predicted molar refractivity (Wildman–Crippen MR) is 192 cm³/mol. The third kappa shape index (κ3) is 3.56. The molecule has 0 spiro atoms. The Balaban J connectivity index is 1.46. The molecule has 1 heterocycles. The average Bonchev–Trinajstić information content (AvgIpc) is 3.54. The van der Waals surface area contributed by atoms with Crippen LogP contribution in [0.15, 0.2) is 162 Å². The van der Waals surface area contributed by atoms with E-state index in [1.165, 1.54) is 0 Å². The standard InChI is InChI=1S/C44H26O/c1-2-12-28-26-42-39(23-27(28)11-1)38-25-30(21-22-41(38)45-42)43-34-17-7-9-19-36(34)44(37-20-10-8-18-35(37)43)40-24-29-13-3-4-14-31(29)32-15-5-6-16-33(32)40/h1-26H/i7D,8D,9D,10D,17D,18D,19D,20D. The second kappa shape index (κ2) is 9.29. The summed E-state index contributed by atoms with van der Waals surface area (Å²) in [6.45, 7) is 0. The first-order valence-electron chi connectivity index (χ1n) is 18.9. The SMILES string of the molecule is [2H]c1c([2H])c([2H])c2c(-c3cc4ccccc4c4ccccc34)c3c([2H])c([2H])c([2H])c([2H])c3c(-c3ccc4oc5cc6ccccc6cc5c4c3)c2c1[2H]. The fraction of sp³-hybridized carbons (Fsp3) is 0. The second-order valence-electron chi connectivity index (χ2n) is 11.4. The van der Waals surface area contributed by atoms with Gasteiger partial charge in [-0.25, -0.2) is 0 Å². The normalized spacial score (nSPS) is 14.5. The molecule has 10 aromatic rings. The molecule has 1 heteroatoms. The Labute approximate surface area is 270 Å². The zero-order valence-corrected chi connectivity index (χ0v) is 23.8. The molecule has 0 aliphatic rings. The molecule has 0 saturated heterocycles. The van der Waals surface area contributed by atoms with Gasteiger partial charge in [-0.1, -0.05) is 127 Å². The molecule has 1 nitrogen and oxygen atoms in total. The zero-order chi connectivity index (χ0) is 36.4. The highest BCUT2D eigenvalue weighted by molar-refractivity contribution is 6.26. The monoisotopic (exact) mass is 578 g/mol. The number of hydrogen-bond acceptors (Lipinski definition) is 1. The van der Waals surface area contributed by atoms with Crippen LogP contribution < -0.4 is 0 Å². The fourth-order valence-electron chi connectivity index (χ4n) is 7.06.